The van der Waals surface area contributed by atoms with E-state index in [1.54, 1.807) is 0 Å². The molecule has 6 heteroatoms. The van der Waals surface area contributed by atoms with E-state index in [2.05, 4.69) is 5.32 Å². The van der Waals surface area contributed by atoms with Gasteiger partial charge in [-0.25, -0.2) is 9.59 Å². The predicted octanol–water partition coefficient (Wildman–Crippen LogP) is 1.97. The number of rotatable bonds is 3. The molecule has 0 radical (unpaired) electrons. The minimum absolute atomic E-state index is 0.302. The minimum atomic E-state index is -0.960. The molecular weight excluding hydrogens is 288 g/mol. The molecule has 2 heterocycles. The number of benzene rings is 1. The number of carbonyl (C=O) groups is 2. The van der Waals surface area contributed by atoms with Crippen LogP contribution in [0.1, 0.15) is 12.0 Å². The first-order valence-corrected chi connectivity index (χ1v) is 8.28. The fourth-order valence-corrected chi connectivity index (χ4v) is 4.18. The van der Waals surface area contributed by atoms with Crippen LogP contribution in [0.3, 0.4) is 0 Å². The van der Waals surface area contributed by atoms with Gasteiger partial charge in [-0.3, -0.25) is 4.90 Å². The standard InChI is InChI=1S/C15H18N2O3S/c18-14(19)13-7-11-3-1-2-4-12(11)17(13)15(20)16-8-10-5-6-21-9-10/h1-4,10,13H,5-9H2,(H,16,20)(H,18,19). The molecule has 1 aromatic rings. The maximum absolute atomic E-state index is 12.4. The molecule has 3 rings (SSSR count). The molecule has 1 fully saturated rings. The summed E-state index contributed by atoms with van der Waals surface area (Å²) >= 11 is 1.90. The smallest absolute Gasteiger partial charge is 0.327 e. The number of anilines is 1. The molecule has 2 amide bonds. The molecule has 2 unspecified atom stereocenters. The van der Waals surface area contributed by atoms with E-state index in [-0.39, 0.29) is 6.03 Å². The van der Waals surface area contributed by atoms with E-state index in [4.69, 9.17) is 0 Å². The Bertz CT molecular complexity index is 558. The summed E-state index contributed by atoms with van der Waals surface area (Å²) in [6.45, 7) is 0.622. The Morgan fingerprint density at radius 1 is 1.38 bits per heavy atom. The normalized spacial score (nSPS) is 23.9. The molecule has 0 bridgehead atoms. The van der Waals surface area contributed by atoms with Crippen LogP contribution < -0.4 is 10.2 Å². The highest BCUT2D eigenvalue weighted by Gasteiger charge is 2.38. The zero-order valence-corrected chi connectivity index (χ0v) is 12.4. The number of nitrogens with zero attached hydrogens (tertiary/aromatic N) is 1. The van der Waals surface area contributed by atoms with E-state index in [1.807, 2.05) is 36.0 Å². The topological polar surface area (TPSA) is 69.6 Å². The highest BCUT2D eigenvalue weighted by Crippen LogP contribution is 2.32. The predicted molar refractivity (Wildman–Crippen MR) is 82.9 cm³/mol. The fraction of sp³-hybridized carbons (Fsp3) is 0.467. The van der Waals surface area contributed by atoms with Crippen molar-refractivity contribution in [3.05, 3.63) is 29.8 Å². The molecule has 1 aromatic carbocycles. The summed E-state index contributed by atoms with van der Waals surface area (Å²) in [5.41, 5.74) is 1.62. The average Bonchev–Trinajstić information content (AvgIpc) is 3.11. The quantitative estimate of drug-likeness (QED) is 0.896. The molecule has 0 saturated carbocycles. The van der Waals surface area contributed by atoms with Crippen LogP contribution in [0, 0.1) is 5.92 Å². The van der Waals surface area contributed by atoms with Crippen LogP contribution >= 0.6 is 11.8 Å². The summed E-state index contributed by atoms with van der Waals surface area (Å²) in [6.07, 6.45) is 1.49. The van der Waals surface area contributed by atoms with E-state index in [9.17, 15) is 14.7 Å². The molecule has 0 aromatic heterocycles. The lowest BCUT2D eigenvalue weighted by atomic mass is 10.1. The second-order valence-electron chi connectivity index (χ2n) is 5.47. The number of amides is 2. The van der Waals surface area contributed by atoms with Crippen LogP contribution in [-0.4, -0.2) is 41.2 Å². The third-order valence-electron chi connectivity index (χ3n) is 4.05. The maximum atomic E-state index is 12.4. The van der Waals surface area contributed by atoms with E-state index < -0.39 is 12.0 Å². The number of fused-ring (bicyclic) bond motifs is 1. The first kappa shape index (κ1) is 14.3. The second-order valence-corrected chi connectivity index (χ2v) is 6.62. The van der Waals surface area contributed by atoms with Crippen molar-refractivity contribution in [3.8, 4) is 0 Å². The second kappa shape index (κ2) is 5.97. The van der Waals surface area contributed by atoms with Crippen molar-refractivity contribution in [2.75, 3.05) is 23.0 Å². The van der Waals surface area contributed by atoms with E-state index in [1.165, 1.54) is 4.90 Å². The van der Waals surface area contributed by atoms with Crippen LogP contribution in [-0.2, 0) is 11.2 Å². The van der Waals surface area contributed by atoms with Gasteiger partial charge in [0.1, 0.15) is 6.04 Å². The van der Waals surface area contributed by atoms with Gasteiger partial charge in [0.05, 0.1) is 0 Å². The zero-order chi connectivity index (χ0) is 14.8. The van der Waals surface area contributed by atoms with Gasteiger partial charge in [-0.2, -0.15) is 11.8 Å². The molecule has 2 aliphatic heterocycles. The highest BCUT2D eigenvalue weighted by molar-refractivity contribution is 7.99. The summed E-state index contributed by atoms with van der Waals surface area (Å²) < 4.78 is 0. The Kier molecular flexibility index (Phi) is 4.05. The van der Waals surface area contributed by atoms with Crippen molar-refractivity contribution in [2.45, 2.75) is 18.9 Å². The Hall–Kier alpha value is -1.69. The van der Waals surface area contributed by atoms with Crippen LogP contribution in [0.15, 0.2) is 24.3 Å². The molecule has 2 aliphatic rings. The number of thioether (sulfide) groups is 1. The van der Waals surface area contributed by atoms with Crippen molar-refractivity contribution < 1.29 is 14.7 Å². The Morgan fingerprint density at radius 3 is 2.90 bits per heavy atom. The van der Waals surface area contributed by atoms with Gasteiger partial charge in [0, 0.05) is 18.7 Å². The molecular formula is C15H18N2O3S. The van der Waals surface area contributed by atoms with Gasteiger partial charge in [-0.05, 0) is 35.5 Å². The van der Waals surface area contributed by atoms with Gasteiger partial charge >= 0.3 is 12.0 Å². The first-order chi connectivity index (χ1) is 10.2. The first-order valence-electron chi connectivity index (χ1n) is 7.12. The third-order valence-corrected chi connectivity index (χ3v) is 5.28. The van der Waals surface area contributed by atoms with Crippen molar-refractivity contribution in [1.29, 1.82) is 0 Å². The molecule has 2 N–H and O–H groups in total. The van der Waals surface area contributed by atoms with Gasteiger partial charge in [0.25, 0.3) is 0 Å². The third kappa shape index (κ3) is 2.85. The van der Waals surface area contributed by atoms with Gasteiger partial charge in [-0.1, -0.05) is 18.2 Å². The molecule has 5 nitrogen and oxygen atoms in total. The number of hydrogen-bond donors (Lipinski definition) is 2. The van der Waals surface area contributed by atoms with Crippen molar-refractivity contribution in [2.24, 2.45) is 5.92 Å². The number of urea groups is 1. The van der Waals surface area contributed by atoms with Crippen LogP contribution in [0.2, 0.25) is 0 Å². The van der Waals surface area contributed by atoms with Crippen molar-refractivity contribution in [1.82, 2.24) is 5.32 Å². The number of hydrogen-bond acceptors (Lipinski definition) is 3. The summed E-state index contributed by atoms with van der Waals surface area (Å²) in [5.74, 6) is 1.75. The number of para-hydroxylation sites is 1. The van der Waals surface area contributed by atoms with E-state index >= 15 is 0 Å². The Morgan fingerprint density at radius 2 is 2.19 bits per heavy atom. The zero-order valence-electron chi connectivity index (χ0n) is 11.6. The molecule has 2 atom stereocenters. The van der Waals surface area contributed by atoms with Gasteiger partial charge in [0.2, 0.25) is 0 Å². The number of carboxylic acids is 1. The average molecular weight is 306 g/mol. The molecule has 0 spiro atoms. The number of carbonyl (C=O) groups excluding carboxylic acids is 1. The lowest BCUT2D eigenvalue weighted by Crippen LogP contribution is -2.48. The van der Waals surface area contributed by atoms with Crippen LogP contribution in [0.4, 0.5) is 10.5 Å². The van der Waals surface area contributed by atoms with Crippen LogP contribution in [0.5, 0.6) is 0 Å². The van der Waals surface area contributed by atoms with Gasteiger partial charge < -0.3 is 10.4 Å². The summed E-state index contributed by atoms with van der Waals surface area (Å²) in [4.78, 5) is 25.2. The summed E-state index contributed by atoms with van der Waals surface area (Å²) in [5, 5.41) is 12.3. The summed E-state index contributed by atoms with van der Waals surface area (Å²) in [6, 6.07) is 6.28. The Balaban J connectivity index is 1.73. The number of aliphatic carboxylic acids is 1. The van der Waals surface area contributed by atoms with Crippen LogP contribution in [0.25, 0.3) is 0 Å². The monoisotopic (exact) mass is 306 g/mol. The maximum Gasteiger partial charge on any atom is 0.327 e. The summed E-state index contributed by atoms with van der Waals surface area (Å²) in [7, 11) is 0. The fourth-order valence-electron chi connectivity index (χ4n) is 2.90. The Labute approximate surface area is 127 Å². The van der Waals surface area contributed by atoms with Crippen molar-refractivity contribution in [3.63, 3.8) is 0 Å². The lowest BCUT2D eigenvalue weighted by Gasteiger charge is -2.23. The molecule has 21 heavy (non-hydrogen) atoms. The minimum Gasteiger partial charge on any atom is -0.480 e. The molecule has 112 valence electrons. The number of carboxylic acid groups (broad SMARTS) is 1. The lowest BCUT2D eigenvalue weighted by molar-refractivity contribution is -0.138. The molecule has 0 aliphatic carbocycles. The highest BCUT2D eigenvalue weighted by atomic mass is 32.2. The van der Waals surface area contributed by atoms with E-state index in [0.29, 0.717) is 24.6 Å². The SMILES string of the molecule is O=C(O)C1Cc2ccccc2N1C(=O)NCC1CCSC1. The van der Waals surface area contributed by atoms with Gasteiger partial charge in [0.15, 0.2) is 0 Å². The van der Waals surface area contributed by atoms with Gasteiger partial charge in [-0.15, -0.1) is 0 Å². The largest absolute Gasteiger partial charge is 0.480 e. The molecule has 1 saturated heterocycles. The van der Waals surface area contributed by atoms with Crippen molar-refractivity contribution >= 4 is 29.4 Å². The van der Waals surface area contributed by atoms with E-state index in [0.717, 1.165) is 23.5 Å². The number of nitrogens with one attached hydrogen (secondary N) is 1.